The van der Waals surface area contributed by atoms with Crippen molar-refractivity contribution in [3.63, 3.8) is 0 Å². The second kappa shape index (κ2) is 7.92. The van der Waals surface area contributed by atoms with Gasteiger partial charge >= 0.3 is 0 Å². The summed E-state index contributed by atoms with van der Waals surface area (Å²) < 4.78 is 10.5. The maximum absolute atomic E-state index is 12.3. The maximum atomic E-state index is 12.3. The molecule has 1 aliphatic rings. The monoisotopic (exact) mass is 349 g/mol. The Morgan fingerprint density at radius 2 is 2.33 bits per heavy atom. The molecule has 1 fully saturated rings. The largest absolute Gasteiger partial charge is 0.472 e. The van der Waals surface area contributed by atoms with Gasteiger partial charge in [-0.15, -0.1) is 11.3 Å². The number of methoxy groups -OCH3 is 1. The molecule has 130 valence electrons. The van der Waals surface area contributed by atoms with E-state index in [0.29, 0.717) is 19.6 Å². The predicted molar refractivity (Wildman–Crippen MR) is 92.9 cm³/mol. The highest BCUT2D eigenvalue weighted by Gasteiger charge is 2.32. The van der Waals surface area contributed by atoms with Crippen molar-refractivity contribution >= 4 is 17.2 Å². The minimum absolute atomic E-state index is 0.00746. The molecule has 7 heteroatoms. The van der Waals surface area contributed by atoms with Gasteiger partial charge in [0.2, 0.25) is 5.91 Å². The summed E-state index contributed by atoms with van der Waals surface area (Å²) in [5.41, 5.74) is 1.78. The lowest BCUT2D eigenvalue weighted by Gasteiger charge is -2.37. The minimum atomic E-state index is 0.00746. The van der Waals surface area contributed by atoms with Crippen molar-refractivity contribution in [2.75, 3.05) is 33.4 Å². The molecule has 1 saturated heterocycles. The zero-order valence-electron chi connectivity index (χ0n) is 13.8. The second-order valence-corrected chi connectivity index (χ2v) is 7.15. The topological polar surface area (TPSA) is 76.4 Å². The quantitative estimate of drug-likeness (QED) is 0.800. The summed E-state index contributed by atoms with van der Waals surface area (Å²) in [7, 11) is 1.72. The Morgan fingerprint density at radius 1 is 1.50 bits per heavy atom. The molecule has 0 aliphatic carbocycles. The van der Waals surface area contributed by atoms with Gasteiger partial charge in [-0.05, 0) is 32.0 Å². The van der Waals surface area contributed by atoms with Crippen LogP contribution in [0, 0.1) is 5.41 Å². The van der Waals surface area contributed by atoms with Crippen LogP contribution in [0.2, 0.25) is 0 Å². The Morgan fingerprint density at radius 3 is 3.04 bits per heavy atom. The van der Waals surface area contributed by atoms with E-state index in [-0.39, 0.29) is 11.3 Å². The van der Waals surface area contributed by atoms with E-state index in [4.69, 9.17) is 9.15 Å². The van der Waals surface area contributed by atoms with Gasteiger partial charge in [0.25, 0.3) is 0 Å². The van der Waals surface area contributed by atoms with E-state index in [1.54, 1.807) is 19.6 Å². The van der Waals surface area contributed by atoms with Gasteiger partial charge < -0.3 is 19.8 Å². The van der Waals surface area contributed by atoms with Gasteiger partial charge in [0.15, 0.2) is 0 Å². The normalized spacial score (nSPS) is 16.9. The van der Waals surface area contributed by atoms with E-state index < -0.39 is 0 Å². The van der Waals surface area contributed by atoms with Crippen LogP contribution in [0.25, 0.3) is 10.6 Å². The molecule has 6 nitrogen and oxygen atoms in total. The average Bonchev–Trinajstić information content (AvgIpc) is 3.25. The molecule has 1 aliphatic heterocycles. The number of rotatable bonds is 7. The number of furan rings is 1. The molecule has 2 aromatic rings. The minimum Gasteiger partial charge on any atom is -0.472 e. The molecule has 3 rings (SSSR count). The van der Waals surface area contributed by atoms with Crippen LogP contribution >= 0.6 is 11.3 Å². The molecule has 0 radical (unpaired) electrons. The first kappa shape index (κ1) is 17.1. The lowest BCUT2D eigenvalue weighted by molar-refractivity contribution is -0.121. The summed E-state index contributed by atoms with van der Waals surface area (Å²) >= 11 is 1.52. The molecule has 2 aromatic heterocycles. The highest BCUT2D eigenvalue weighted by molar-refractivity contribution is 7.13. The summed E-state index contributed by atoms with van der Waals surface area (Å²) in [5, 5.41) is 9.23. The number of aromatic nitrogens is 1. The summed E-state index contributed by atoms with van der Waals surface area (Å²) in [4.78, 5) is 16.8. The molecule has 3 heterocycles. The van der Waals surface area contributed by atoms with Crippen LogP contribution in [0.1, 0.15) is 18.5 Å². The van der Waals surface area contributed by atoms with Gasteiger partial charge in [-0.25, -0.2) is 4.98 Å². The molecule has 2 N–H and O–H groups in total. The predicted octanol–water partition coefficient (Wildman–Crippen LogP) is 2.08. The number of thiazole rings is 1. The first-order valence-electron chi connectivity index (χ1n) is 8.14. The number of carbonyl (C=O) groups excluding carboxylic acids is 1. The Bertz CT molecular complexity index is 642. The zero-order valence-corrected chi connectivity index (χ0v) is 14.7. The van der Waals surface area contributed by atoms with Crippen LogP contribution in [-0.2, 0) is 16.0 Å². The standard InChI is InChI=1S/C17H23N3O3S/c1-22-12-17(3-5-18-6-4-17)11-19-15(21)8-14-10-24-16(20-14)13-2-7-23-9-13/h2,7,9-10,18H,3-6,8,11-12H2,1H3,(H,19,21). The Kier molecular flexibility index (Phi) is 5.65. The van der Waals surface area contributed by atoms with Crippen LogP contribution in [0.3, 0.4) is 0 Å². The molecular weight excluding hydrogens is 326 g/mol. The number of hydrogen-bond acceptors (Lipinski definition) is 6. The number of ether oxygens (including phenoxy) is 1. The van der Waals surface area contributed by atoms with Crippen molar-refractivity contribution in [1.82, 2.24) is 15.6 Å². The third kappa shape index (κ3) is 4.23. The molecule has 0 bridgehead atoms. The summed E-state index contributed by atoms with van der Waals surface area (Å²) in [6.45, 7) is 3.27. The van der Waals surface area contributed by atoms with Gasteiger partial charge in [-0.2, -0.15) is 0 Å². The lowest BCUT2D eigenvalue weighted by atomic mass is 9.79. The van der Waals surface area contributed by atoms with Gasteiger partial charge in [-0.3, -0.25) is 4.79 Å². The van der Waals surface area contributed by atoms with E-state index in [2.05, 4.69) is 15.6 Å². The van der Waals surface area contributed by atoms with Gasteiger partial charge in [0.1, 0.15) is 11.3 Å². The molecule has 0 aromatic carbocycles. The highest BCUT2D eigenvalue weighted by Crippen LogP contribution is 2.28. The highest BCUT2D eigenvalue weighted by atomic mass is 32.1. The molecule has 0 spiro atoms. The summed E-state index contributed by atoms with van der Waals surface area (Å²) in [6.07, 6.45) is 5.62. The maximum Gasteiger partial charge on any atom is 0.226 e. The summed E-state index contributed by atoms with van der Waals surface area (Å²) in [5.74, 6) is 0.00746. The fourth-order valence-electron chi connectivity index (χ4n) is 3.06. The number of nitrogens with one attached hydrogen (secondary N) is 2. The Balaban J connectivity index is 1.53. The van der Waals surface area contributed by atoms with Crippen LogP contribution < -0.4 is 10.6 Å². The van der Waals surface area contributed by atoms with E-state index in [1.165, 1.54) is 11.3 Å². The van der Waals surface area contributed by atoms with Crippen molar-refractivity contribution in [3.05, 3.63) is 29.7 Å². The number of carbonyl (C=O) groups is 1. The van der Waals surface area contributed by atoms with Gasteiger partial charge in [0, 0.05) is 30.0 Å². The molecule has 0 unspecified atom stereocenters. The van der Waals surface area contributed by atoms with E-state index in [1.807, 2.05) is 11.4 Å². The SMILES string of the molecule is COCC1(CNC(=O)Cc2csc(-c3ccoc3)n2)CCNCC1. The Labute approximate surface area is 145 Å². The number of amides is 1. The van der Waals surface area contributed by atoms with Crippen molar-refractivity contribution in [1.29, 1.82) is 0 Å². The lowest BCUT2D eigenvalue weighted by Crippen LogP contribution is -2.47. The van der Waals surface area contributed by atoms with Crippen molar-refractivity contribution < 1.29 is 13.9 Å². The first-order chi connectivity index (χ1) is 11.7. The van der Waals surface area contributed by atoms with Crippen molar-refractivity contribution in [2.45, 2.75) is 19.3 Å². The van der Waals surface area contributed by atoms with Gasteiger partial charge in [0.05, 0.1) is 25.0 Å². The smallest absolute Gasteiger partial charge is 0.226 e. The number of nitrogens with zero attached hydrogens (tertiary/aromatic N) is 1. The average molecular weight is 349 g/mol. The van der Waals surface area contributed by atoms with Crippen LogP contribution in [0.5, 0.6) is 0 Å². The summed E-state index contributed by atoms with van der Waals surface area (Å²) in [6, 6.07) is 1.87. The number of piperidine rings is 1. The Hall–Kier alpha value is -1.70. The van der Waals surface area contributed by atoms with Crippen LogP contribution in [0.15, 0.2) is 28.4 Å². The molecule has 1 amide bonds. The van der Waals surface area contributed by atoms with Crippen LogP contribution in [-0.4, -0.2) is 44.2 Å². The van der Waals surface area contributed by atoms with Crippen LogP contribution in [0.4, 0.5) is 0 Å². The van der Waals surface area contributed by atoms with Gasteiger partial charge in [-0.1, -0.05) is 0 Å². The second-order valence-electron chi connectivity index (χ2n) is 6.29. The molecule has 0 atom stereocenters. The van der Waals surface area contributed by atoms with E-state index >= 15 is 0 Å². The fraction of sp³-hybridized carbons (Fsp3) is 0.529. The third-order valence-electron chi connectivity index (χ3n) is 4.44. The third-order valence-corrected chi connectivity index (χ3v) is 5.38. The van der Waals surface area contributed by atoms with Crippen molar-refractivity contribution in [3.8, 4) is 10.6 Å². The molecule has 0 saturated carbocycles. The molecule has 24 heavy (non-hydrogen) atoms. The van der Waals surface area contributed by atoms with E-state index in [9.17, 15) is 4.79 Å². The number of hydrogen-bond donors (Lipinski definition) is 2. The fourth-order valence-corrected chi connectivity index (χ4v) is 3.86. The first-order valence-corrected chi connectivity index (χ1v) is 9.02. The van der Waals surface area contributed by atoms with E-state index in [0.717, 1.165) is 42.2 Å². The zero-order chi connectivity index (χ0) is 16.8. The molecular formula is C17H23N3O3S. The van der Waals surface area contributed by atoms with Crippen molar-refractivity contribution in [2.24, 2.45) is 5.41 Å².